The highest BCUT2D eigenvalue weighted by atomic mass is 16.5. The highest BCUT2D eigenvalue weighted by Gasteiger charge is 2.25. The zero-order valence-corrected chi connectivity index (χ0v) is 9.74. The molecule has 0 bridgehead atoms. The molecule has 1 aliphatic carbocycles. The van der Waals surface area contributed by atoms with Crippen molar-refractivity contribution in [3.05, 3.63) is 0 Å². The van der Waals surface area contributed by atoms with Crippen LogP contribution < -0.4 is 5.73 Å². The summed E-state index contributed by atoms with van der Waals surface area (Å²) < 4.78 is 4.88. The van der Waals surface area contributed by atoms with Gasteiger partial charge >= 0.3 is 5.97 Å². The lowest BCUT2D eigenvalue weighted by atomic mass is 10.2. The van der Waals surface area contributed by atoms with Crippen molar-refractivity contribution in [1.29, 1.82) is 0 Å². The van der Waals surface area contributed by atoms with E-state index in [1.165, 1.54) is 12.8 Å². The summed E-state index contributed by atoms with van der Waals surface area (Å²) in [6, 6.07) is -0.497. The first-order valence-corrected chi connectivity index (χ1v) is 5.81. The lowest BCUT2D eigenvalue weighted by molar-refractivity contribution is -0.145. The third-order valence-electron chi connectivity index (χ3n) is 2.70. The molecule has 0 radical (unpaired) electrons. The second-order valence-corrected chi connectivity index (χ2v) is 4.15. The quantitative estimate of drug-likeness (QED) is 0.631. The Bertz CT molecular complexity index is 205. The maximum atomic E-state index is 11.3. The van der Waals surface area contributed by atoms with Crippen LogP contribution in [-0.2, 0) is 9.53 Å². The van der Waals surface area contributed by atoms with Gasteiger partial charge in [-0.1, -0.05) is 6.92 Å². The molecule has 0 aromatic carbocycles. The van der Waals surface area contributed by atoms with E-state index in [0.29, 0.717) is 13.2 Å². The van der Waals surface area contributed by atoms with Crippen LogP contribution in [0.15, 0.2) is 0 Å². The molecule has 0 amide bonds. The lowest BCUT2D eigenvalue weighted by Crippen LogP contribution is -2.44. The molecule has 0 heterocycles. The lowest BCUT2D eigenvalue weighted by Gasteiger charge is -2.22. The van der Waals surface area contributed by atoms with Crippen LogP contribution in [0.2, 0.25) is 0 Å². The van der Waals surface area contributed by atoms with Crippen LogP contribution in [0, 0.1) is 5.92 Å². The fourth-order valence-electron chi connectivity index (χ4n) is 1.60. The summed E-state index contributed by atoms with van der Waals surface area (Å²) in [7, 11) is 0. The molecule has 4 nitrogen and oxygen atoms in total. The summed E-state index contributed by atoms with van der Waals surface area (Å²) in [6.45, 7) is 6.94. The van der Waals surface area contributed by atoms with Crippen LogP contribution in [0.4, 0.5) is 0 Å². The van der Waals surface area contributed by atoms with Gasteiger partial charge in [0.25, 0.3) is 0 Å². The van der Waals surface area contributed by atoms with Crippen molar-refractivity contribution in [3.8, 4) is 0 Å². The predicted octanol–water partition coefficient (Wildman–Crippen LogP) is 0.609. The van der Waals surface area contributed by atoms with Gasteiger partial charge in [-0.05, 0) is 32.2 Å². The van der Waals surface area contributed by atoms with Crippen molar-refractivity contribution < 1.29 is 9.53 Å². The molecule has 1 unspecified atom stereocenters. The van der Waals surface area contributed by atoms with E-state index in [0.717, 1.165) is 19.0 Å². The Morgan fingerprint density at radius 3 is 2.67 bits per heavy atom. The van der Waals surface area contributed by atoms with Crippen molar-refractivity contribution in [3.63, 3.8) is 0 Å². The second kappa shape index (κ2) is 6.08. The number of esters is 1. The normalized spacial score (nSPS) is 17.9. The molecule has 15 heavy (non-hydrogen) atoms. The summed E-state index contributed by atoms with van der Waals surface area (Å²) >= 11 is 0. The number of likely N-dealkylation sites (N-methyl/N-ethyl adjacent to an activating group) is 1. The first-order valence-electron chi connectivity index (χ1n) is 5.81. The summed E-state index contributed by atoms with van der Waals surface area (Å²) in [4.78, 5) is 13.6. The maximum Gasteiger partial charge on any atom is 0.324 e. The minimum atomic E-state index is -0.497. The zero-order chi connectivity index (χ0) is 11.3. The standard InChI is InChI=1S/C11H22N2O2/c1-3-13(7-9-5-6-9)8-10(12)11(14)15-4-2/h9-10H,3-8,12H2,1-2H3. The minimum Gasteiger partial charge on any atom is -0.465 e. The van der Waals surface area contributed by atoms with Crippen molar-refractivity contribution in [2.45, 2.75) is 32.7 Å². The van der Waals surface area contributed by atoms with E-state index in [9.17, 15) is 4.79 Å². The highest BCUT2D eigenvalue weighted by Crippen LogP contribution is 2.29. The average Bonchev–Trinajstić information content (AvgIpc) is 3.00. The van der Waals surface area contributed by atoms with E-state index >= 15 is 0 Å². The molecule has 0 spiro atoms. The molecular formula is C11H22N2O2. The van der Waals surface area contributed by atoms with Crippen LogP contribution >= 0.6 is 0 Å². The molecule has 1 atom stereocenters. The van der Waals surface area contributed by atoms with Crippen molar-refractivity contribution in [1.82, 2.24) is 4.90 Å². The summed E-state index contributed by atoms with van der Waals surface area (Å²) in [5, 5.41) is 0. The first-order chi connectivity index (χ1) is 7.17. The Kier molecular flexibility index (Phi) is 5.05. The van der Waals surface area contributed by atoms with Crippen LogP contribution in [0.1, 0.15) is 26.7 Å². The van der Waals surface area contributed by atoms with E-state index < -0.39 is 6.04 Å². The van der Waals surface area contributed by atoms with Crippen molar-refractivity contribution >= 4 is 5.97 Å². The number of nitrogens with zero attached hydrogens (tertiary/aromatic N) is 1. The van der Waals surface area contributed by atoms with Gasteiger partial charge in [-0.25, -0.2) is 0 Å². The molecule has 0 aliphatic heterocycles. The molecular weight excluding hydrogens is 192 g/mol. The Morgan fingerprint density at radius 1 is 1.53 bits per heavy atom. The van der Waals surface area contributed by atoms with Gasteiger partial charge < -0.3 is 15.4 Å². The summed E-state index contributed by atoms with van der Waals surface area (Å²) in [5.41, 5.74) is 5.76. The molecule has 0 saturated heterocycles. The number of hydrogen-bond donors (Lipinski definition) is 1. The van der Waals surface area contributed by atoms with Gasteiger partial charge in [0.1, 0.15) is 6.04 Å². The van der Waals surface area contributed by atoms with E-state index in [1.54, 1.807) is 6.92 Å². The number of ether oxygens (including phenoxy) is 1. The van der Waals surface area contributed by atoms with E-state index in [4.69, 9.17) is 10.5 Å². The Morgan fingerprint density at radius 2 is 2.20 bits per heavy atom. The fourth-order valence-corrected chi connectivity index (χ4v) is 1.60. The molecule has 1 aliphatic rings. The second-order valence-electron chi connectivity index (χ2n) is 4.15. The fraction of sp³-hybridized carbons (Fsp3) is 0.909. The summed E-state index contributed by atoms with van der Waals surface area (Å²) in [6.07, 6.45) is 2.65. The molecule has 0 aromatic heterocycles. The number of nitrogens with two attached hydrogens (primary N) is 1. The van der Waals surface area contributed by atoms with Crippen molar-refractivity contribution in [2.75, 3.05) is 26.2 Å². The first kappa shape index (κ1) is 12.5. The largest absolute Gasteiger partial charge is 0.465 e. The predicted molar refractivity (Wildman–Crippen MR) is 59.4 cm³/mol. The monoisotopic (exact) mass is 214 g/mol. The zero-order valence-electron chi connectivity index (χ0n) is 9.74. The summed E-state index contributed by atoms with van der Waals surface area (Å²) in [5.74, 6) is 0.547. The number of carbonyl (C=O) groups is 1. The van der Waals surface area contributed by atoms with Gasteiger partial charge in [0, 0.05) is 13.1 Å². The van der Waals surface area contributed by atoms with E-state index in [1.807, 2.05) is 0 Å². The van der Waals surface area contributed by atoms with Gasteiger partial charge in [-0.3, -0.25) is 4.79 Å². The SMILES string of the molecule is CCOC(=O)C(N)CN(CC)CC1CC1. The van der Waals surface area contributed by atoms with Gasteiger partial charge in [0.15, 0.2) is 0 Å². The molecule has 4 heteroatoms. The number of rotatable bonds is 7. The third-order valence-corrected chi connectivity index (χ3v) is 2.70. The molecule has 2 N–H and O–H groups in total. The van der Waals surface area contributed by atoms with Gasteiger partial charge in [0.2, 0.25) is 0 Å². The molecule has 0 aromatic rings. The Hall–Kier alpha value is -0.610. The molecule has 1 saturated carbocycles. The van der Waals surface area contributed by atoms with Crippen LogP contribution in [-0.4, -0.2) is 43.2 Å². The smallest absolute Gasteiger partial charge is 0.324 e. The third kappa shape index (κ3) is 4.62. The molecule has 1 fully saturated rings. The van der Waals surface area contributed by atoms with Crippen LogP contribution in [0.3, 0.4) is 0 Å². The van der Waals surface area contributed by atoms with Crippen LogP contribution in [0.5, 0.6) is 0 Å². The average molecular weight is 214 g/mol. The maximum absolute atomic E-state index is 11.3. The van der Waals surface area contributed by atoms with E-state index in [2.05, 4.69) is 11.8 Å². The number of carbonyl (C=O) groups excluding carboxylic acids is 1. The molecule has 88 valence electrons. The number of hydrogen-bond acceptors (Lipinski definition) is 4. The van der Waals surface area contributed by atoms with E-state index in [-0.39, 0.29) is 5.97 Å². The minimum absolute atomic E-state index is 0.285. The van der Waals surface area contributed by atoms with Gasteiger partial charge in [-0.15, -0.1) is 0 Å². The van der Waals surface area contributed by atoms with Crippen LogP contribution in [0.25, 0.3) is 0 Å². The Labute approximate surface area is 91.8 Å². The topological polar surface area (TPSA) is 55.6 Å². The Balaban J connectivity index is 2.25. The van der Waals surface area contributed by atoms with Gasteiger partial charge in [-0.2, -0.15) is 0 Å². The van der Waals surface area contributed by atoms with Gasteiger partial charge in [0.05, 0.1) is 6.61 Å². The molecule has 1 rings (SSSR count). The van der Waals surface area contributed by atoms with Crippen molar-refractivity contribution in [2.24, 2.45) is 11.7 Å². The highest BCUT2D eigenvalue weighted by molar-refractivity contribution is 5.75.